The Morgan fingerprint density at radius 3 is 1.70 bits per heavy atom. The van der Waals surface area contributed by atoms with Crippen molar-refractivity contribution in [2.75, 3.05) is 14.2 Å². The lowest BCUT2D eigenvalue weighted by Gasteiger charge is -2.37. The molecule has 0 heterocycles. The number of nitrogens with two attached hydrogens (primary N) is 1. The van der Waals surface area contributed by atoms with Crippen LogP contribution >= 0.6 is 0 Å². The molecule has 0 bridgehead atoms. The Morgan fingerprint density at radius 1 is 0.778 bits per heavy atom. The van der Waals surface area contributed by atoms with E-state index in [1.807, 2.05) is 79.7 Å². The van der Waals surface area contributed by atoms with Crippen molar-refractivity contribution in [1.82, 2.24) is 0 Å². The van der Waals surface area contributed by atoms with Gasteiger partial charge in [0.25, 0.3) is 0 Å². The van der Waals surface area contributed by atoms with E-state index in [1.54, 1.807) is 14.2 Å². The standard InChI is InChI=1S/C23H25NO3/c1-16-10-4-5-11-17(16)22(24)23(25,18-12-6-8-14-20(18)26-2)19-13-7-9-15-21(19)27-3/h4-15,22,25H,24H2,1-3H3. The van der Waals surface area contributed by atoms with Gasteiger partial charge in [-0.05, 0) is 30.2 Å². The van der Waals surface area contributed by atoms with Gasteiger partial charge in [-0.2, -0.15) is 0 Å². The van der Waals surface area contributed by atoms with E-state index in [2.05, 4.69) is 0 Å². The summed E-state index contributed by atoms with van der Waals surface area (Å²) in [4.78, 5) is 0. The van der Waals surface area contributed by atoms with Crippen LogP contribution in [0, 0.1) is 6.92 Å². The largest absolute Gasteiger partial charge is 0.496 e. The Labute approximate surface area is 160 Å². The summed E-state index contributed by atoms with van der Waals surface area (Å²) >= 11 is 0. The van der Waals surface area contributed by atoms with Crippen molar-refractivity contribution in [2.45, 2.75) is 18.6 Å². The first kappa shape index (κ1) is 19.0. The van der Waals surface area contributed by atoms with E-state index < -0.39 is 11.6 Å². The molecule has 3 rings (SSSR count). The van der Waals surface area contributed by atoms with Crippen LogP contribution in [0.2, 0.25) is 0 Å². The number of methoxy groups -OCH3 is 2. The van der Waals surface area contributed by atoms with Crippen molar-refractivity contribution in [1.29, 1.82) is 0 Å². The first-order chi connectivity index (χ1) is 13.0. The van der Waals surface area contributed by atoms with Crippen molar-refractivity contribution in [3.05, 3.63) is 95.1 Å². The van der Waals surface area contributed by atoms with Gasteiger partial charge in [0, 0.05) is 11.1 Å². The van der Waals surface area contributed by atoms with Crippen LogP contribution < -0.4 is 15.2 Å². The molecule has 0 spiro atoms. The molecule has 4 heteroatoms. The zero-order valence-corrected chi connectivity index (χ0v) is 15.8. The van der Waals surface area contributed by atoms with Gasteiger partial charge in [-0.1, -0.05) is 60.7 Å². The summed E-state index contributed by atoms with van der Waals surface area (Å²) in [6.45, 7) is 1.99. The van der Waals surface area contributed by atoms with Crippen LogP contribution in [0.3, 0.4) is 0 Å². The second kappa shape index (κ2) is 7.82. The maximum absolute atomic E-state index is 12.1. The third-order valence-electron chi connectivity index (χ3n) is 5.01. The quantitative estimate of drug-likeness (QED) is 0.696. The number of hydrogen-bond donors (Lipinski definition) is 2. The van der Waals surface area contributed by atoms with Crippen molar-refractivity contribution in [3.63, 3.8) is 0 Å². The van der Waals surface area contributed by atoms with Gasteiger partial charge in [0.05, 0.1) is 20.3 Å². The topological polar surface area (TPSA) is 64.7 Å². The lowest BCUT2D eigenvalue weighted by molar-refractivity contribution is 0.0460. The van der Waals surface area contributed by atoms with Crippen molar-refractivity contribution in [2.24, 2.45) is 5.73 Å². The van der Waals surface area contributed by atoms with Gasteiger partial charge in [0.1, 0.15) is 17.1 Å². The summed E-state index contributed by atoms with van der Waals surface area (Å²) in [5.74, 6) is 1.13. The number of rotatable bonds is 6. The monoisotopic (exact) mass is 363 g/mol. The normalized spacial score (nSPS) is 12.5. The van der Waals surface area contributed by atoms with Crippen molar-refractivity contribution < 1.29 is 14.6 Å². The molecule has 1 atom stereocenters. The van der Waals surface area contributed by atoms with Crippen molar-refractivity contribution in [3.8, 4) is 11.5 Å². The first-order valence-corrected chi connectivity index (χ1v) is 8.84. The molecule has 0 fully saturated rings. The SMILES string of the molecule is COc1ccccc1C(O)(c1ccccc1OC)C(N)c1ccccc1C. The summed E-state index contributed by atoms with van der Waals surface area (Å²) in [5, 5.41) is 12.1. The molecule has 3 N–H and O–H groups in total. The van der Waals surface area contributed by atoms with Crippen LogP contribution in [0.1, 0.15) is 28.3 Å². The molecular formula is C23H25NO3. The lowest BCUT2D eigenvalue weighted by atomic mass is 9.76. The van der Waals surface area contributed by atoms with Gasteiger partial charge < -0.3 is 20.3 Å². The summed E-state index contributed by atoms with van der Waals surface area (Å²) in [6, 6.07) is 21.8. The lowest BCUT2D eigenvalue weighted by Crippen LogP contribution is -2.40. The number of benzene rings is 3. The molecule has 0 aliphatic heterocycles. The molecule has 0 aliphatic carbocycles. The number of hydrogen-bond acceptors (Lipinski definition) is 4. The average Bonchev–Trinajstić information content (AvgIpc) is 2.73. The second-order valence-electron chi connectivity index (χ2n) is 6.50. The van der Waals surface area contributed by atoms with E-state index in [9.17, 15) is 5.11 Å². The third kappa shape index (κ3) is 3.29. The number of aliphatic hydroxyl groups is 1. The van der Waals surface area contributed by atoms with E-state index in [0.29, 0.717) is 22.6 Å². The molecule has 0 aliphatic rings. The van der Waals surface area contributed by atoms with Gasteiger partial charge in [-0.3, -0.25) is 0 Å². The third-order valence-corrected chi connectivity index (χ3v) is 5.01. The summed E-state index contributed by atoms with van der Waals surface area (Å²) in [7, 11) is 3.17. The minimum Gasteiger partial charge on any atom is -0.496 e. The van der Waals surface area contributed by atoms with Gasteiger partial charge >= 0.3 is 0 Å². The molecule has 3 aromatic carbocycles. The average molecular weight is 363 g/mol. The first-order valence-electron chi connectivity index (χ1n) is 8.84. The molecule has 0 radical (unpaired) electrons. The van der Waals surface area contributed by atoms with Crippen molar-refractivity contribution >= 4 is 0 Å². The van der Waals surface area contributed by atoms with Gasteiger partial charge in [0.15, 0.2) is 0 Å². The molecule has 3 aromatic rings. The molecule has 4 nitrogen and oxygen atoms in total. The van der Waals surface area contributed by atoms with Gasteiger partial charge in [-0.25, -0.2) is 0 Å². The second-order valence-corrected chi connectivity index (χ2v) is 6.50. The van der Waals surface area contributed by atoms with Crippen LogP contribution in [-0.2, 0) is 5.60 Å². The Balaban J connectivity index is 2.31. The minimum atomic E-state index is -1.55. The van der Waals surface area contributed by atoms with Gasteiger partial charge in [-0.15, -0.1) is 0 Å². The summed E-state index contributed by atoms with van der Waals surface area (Å²) in [5.41, 5.74) is 8.22. The maximum atomic E-state index is 12.1. The van der Waals surface area contributed by atoms with E-state index in [1.165, 1.54) is 0 Å². The Kier molecular flexibility index (Phi) is 5.49. The maximum Gasteiger partial charge on any atom is 0.141 e. The van der Waals surface area contributed by atoms with E-state index in [-0.39, 0.29) is 0 Å². The zero-order valence-electron chi connectivity index (χ0n) is 15.8. The highest BCUT2D eigenvalue weighted by molar-refractivity contribution is 5.52. The van der Waals surface area contributed by atoms with Crippen LogP contribution in [0.15, 0.2) is 72.8 Å². The smallest absolute Gasteiger partial charge is 0.141 e. The summed E-state index contributed by atoms with van der Waals surface area (Å²) in [6.07, 6.45) is 0. The van der Waals surface area contributed by atoms with E-state index >= 15 is 0 Å². The highest BCUT2D eigenvalue weighted by Gasteiger charge is 2.43. The highest BCUT2D eigenvalue weighted by atomic mass is 16.5. The molecule has 1 unspecified atom stereocenters. The highest BCUT2D eigenvalue weighted by Crippen LogP contribution is 2.46. The predicted octanol–water partition coefficient (Wildman–Crippen LogP) is 3.95. The molecule has 0 amide bonds. The molecule has 140 valence electrons. The minimum absolute atomic E-state index is 0.565. The van der Waals surface area contributed by atoms with E-state index in [0.717, 1.165) is 11.1 Å². The molecular weight excluding hydrogens is 338 g/mol. The fourth-order valence-corrected chi connectivity index (χ4v) is 3.56. The number of aryl methyl sites for hydroxylation is 1. The van der Waals surface area contributed by atoms with Crippen LogP contribution in [0.4, 0.5) is 0 Å². The Morgan fingerprint density at radius 2 is 1.22 bits per heavy atom. The number of para-hydroxylation sites is 2. The van der Waals surface area contributed by atoms with Crippen LogP contribution in [0.5, 0.6) is 11.5 Å². The fourth-order valence-electron chi connectivity index (χ4n) is 3.56. The predicted molar refractivity (Wildman–Crippen MR) is 107 cm³/mol. The van der Waals surface area contributed by atoms with Gasteiger partial charge in [0.2, 0.25) is 0 Å². The fraction of sp³-hybridized carbons (Fsp3) is 0.217. The Hall–Kier alpha value is -2.82. The summed E-state index contributed by atoms with van der Waals surface area (Å²) < 4.78 is 11.1. The zero-order chi connectivity index (χ0) is 19.4. The molecule has 27 heavy (non-hydrogen) atoms. The molecule has 0 saturated carbocycles. The van der Waals surface area contributed by atoms with Crippen LogP contribution in [-0.4, -0.2) is 19.3 Å². The number of ether oxygens (including phenoxy) is 2. The molecule has 0 aromatic heterocycles. The molecule has 0 saturated heterocycles. The Bertz CT molecular complexity index is 875. The van der Waals surface area contributed by atoms with Crippen LogP contribution in [0.25, 0.3) is 0 Å². The van der Waals surface area contributed by atoms with E-state index in [4.69, 9.17) is 15.2 Å².